The summed E-state index contributed by atoms with van der Waals surface area (Å²) in [5, 5.41) is 5.07. The van der Waals surface area contributed by atoms with Crippen LogP contribution in [0.5, 0.6) is 0 Å². The molecule has 1 atom stereocenters. The molecule has 7 heteroatoms. The summed E-state index contributed by atoms with van der Waals surface area (Å²) in [6, 6.07) is 4.71. The van der Waals surface area contributed by atoms with E-state index in [-0.39, 0.29) is 30.5 Å². The van der Waals surface area contributed by atoms with Gasteiger partial charge in [0.15, 0.2) is 5.13 Å². The van der Waals surface area contributed by atoms with Gasteiger partial charge in [-0.2, -0.15) is 0 Å². The fourth-order valence-corrected chi connectivity index (χ4v) is 3.26. The second-order valence-corrected chi connectivity index (χ2v) is 6.50. The largest absolute Gasteiger partial charge is 0.309 e. The monoisotopic (exact) mass is 333 g/mol. The smallest absolute Gasteiger partial charge is 0.231 e. The number of aromatic nitrogens is 1. The van der Waals surface area contributed by atoms with Gasteiger partial charge in [0.25, 0.3) is 0 Å². The first-order valence-corrected chi connectivity index (χ1v) is 8.11. The van der Waals surface area contributed by atoms with Crippen molar-refractivity contribution in [2.45, 2.75) is 20.3 Å². The first-order chi connectivity index (χ1) is 10.9. The maximum atomic E-state index is 14.1. The summed E-state index contributed by atoms with van der Waals surface area (Å²) >= 11 is 1.34. The molecule has 2 amide bonds. The fourth-order valence-electron chi connectivity index (χ4n) is 2.57. The van der Waals surface area contributed by atoms with Crippen molar-refractivity contribution in [3.8, 4) is 0 Å². The maximum absolute atomic E-state index is 14.1. The van der Waals surface area contributed by atoms with Gasteiger partial charge in [-0.1, -0.05) is 6.07 Å². The molecule has 3 rings (SSSR count). The molecule has 1 aliphatic heterocycles. The number of carbonyl (C=O) groups is 2. The highest BCUT2D eigenvalue weighted by Crippen LogP contribution is 2.29. The Morgan fingerprint density at radius 2 is 2.22 bits per heavy atom. The van der Waals surface area contributed by atoms with Crippen molar-refractivity contribution in [3.63, 3.8) is 0 Å². The quantitative estimate of drug-likeness (QED) is 0.939. The Morgan fingerprint density at radius 1 is 1.43 bits per heavy atom. The van der Waals surface area contributed by atoms with Crippen molar-refractivity contribution in [1.82, 2.24) is 4.98 Å². The van der Waals surface area contributed by atoms with E-state index < -0.39 is 11.7 Å². The molecule has 1 aromatic heterocycles. The molecule has 23 heavy (non-hydrogen) atoms. The van der Waals surface area contributed by atoms with E-state index in [2.05, 4.69) is 10.3 Å². The fraction of sp³-hybridized carbons (Fsp3) is 0.312. The third-order valence-corrected chi connectivity index (χ3v) is 4.61. The number of aryl methyl sites for hydroxylation is 2. The number of hydrogen-bond acceptors (Lipinski definition) is 4. The highest BCUT2D eigenvalue weighted by Gasteiger charge is 2.36. The Bertz CT molecular complexity index is 774. The minimum absolute atomic E-state index is 0.0729. The molecule has 0 radical (unpaired) electrons. The zero-order valence-electron chi connectivity index (χ0n) is 12.8. The van der Waals surface area contributed by atoms with Crippen LogP contribution in [-0.2, 0) is 9.59 Å². The van der Waals surface area contributed by atoms with E-state index in [0.717, 1.165) is 11.3 Å². The molecule has 1 saturated heterocycles. The molecular weight excluding hydrogens is 317 g/mol. The van der Waals surface area contributed by atoms with E-state index in [9.17, 15) is 14.0 Å². The molecule has 0 spiro atoms. The van der Waals surface area contributed by atoms with E-state index in [1.54, 1.807) is 19.1 Å². The van der Waals surface area contributed by atoms with Crippen molar-refractivity contribution in [2.24, 2.45) is 5.92 Å². The maximum Gasteiger partial charge on any atom is 0.231 e. The number of nitrogens with one attached hydrogen (secondary N) is 1. The number of thiazole rings is 1. The molecule has 5 nitrogen and oxygen atoms in total. The third-order valence-electron chi connectivity index (χ3n) is 3.74. The molecule has 0 bridgehead atoms. The van der Waals surface area contributed by atoms with Gasteiger partial charge in [0.1, 0.15) is 5.82 Å². The molecule has 1 fully saturated rings. The molecular formula is C16H16FN3O2S. The lowest BCUT2D eigenvalue weighted by molar-refractivity contribution is -0.122. The SMILES string of the molecule is Cc1ccc(N2C[C@H](C(=O)Nc3nc(C)cs3)CC2=O)c(F)c1. The molecule has 2 heterocycles. The number of anilines is 2. The number of hydrogen-bond donors (Lipinski definition) is 1. The molecule has 0 unspecified atom stereocenters. The summed E-state index contributed by atoms with van der Waals surface area (Å²) in [4.78, 5) is 29.9. The van der Waals surface area contributed by atoms with Crippen LogP contribution < -0.4 is 10.2 Å². The summed E-state index contributed by atoms with van der Waals surface area (Å²) in [5.41, 5.74) is 1.84. The molecule has 0 aliphatic carbocycles. The summed E-state index contributed by atoms with van der Waals surface area (Å²) in [6.45, 7) is 3.80. The predicted molar refractivity (Wildman–Crippen MR) is 87.1 cm³/mol. The van der Waals surface area contributed by atoms with E-state index in [4.69, 9.17) is 0 Å². The van der Waals surface area contributed by atoms with Gasteiger partial charge in [-0.05, 0) is 31.5 Å². The van der Waals surface area contributed by atoms with Crippen LogP contribution in [0, 0.1) is 25.6 Å². The second kappa shape index (κ2) is 6.08. The van der Waals surface area contributed by atoms with Gasteiger partial charge in [-0.3, -0.25) is 9.59 Å². The zero-order chi connectivity index (χ0) is 16.6. The van der Waals surface area contributed by atoms with Crippen LogP contribution in [0.15, 0.2) is 23.6 Å². The van der Waals surface area contributed by atoms with E-state index >= 15 is 0 Å². The summed E-state index contributed by atoms with van der Waals surface area (Å²) in [5.74, 6) is -1.46. The van der Waals surface area contributed by atoms with Crippen molar-refractivity contribution >= 4 is 34.0 Å². The molecule has 1 aromatic carbocycles. The number of benzene rings is 1. The number of amides is 2. The van der Waals surface area contributed by atoms with Crippen LogP contribution in [0.1, 0.15) is 17.7 Å². The standard InChI is InChI=1S/C16H16FN3O2S/c1-9-3-4-13(12(17)5-9)20-7-11(6-14(20)21)15(22)19-16-18-10(2)8-23-16/h3-5,8,11H,6-7H2,1-2H3,(H,18,19,22)/t11-/m1/s1. The Kier molecular flexibility index (Phi) is 4.12. The number of halogens is 1. The van der Waals surface area contributed by atoms with Crippen LogP contribution in [0.3, 0.4) is 0 Å². The lowest BCUT2D eigenvalue weighted by Crippen LogP contribution is -2.28. The van der Waals surface area contributed by atoms with Crippen LogP contribution >= 0.6 is 11.3 Å². The zero-order valence-corrected chi connectivity index (χ0v) is 13.6. The molecule has 0 saturated carbocycles. The van der Waals surface area contributed by atoms with E-state index in [1.165, 1.54) is 22.3 Å². The molecule has 1 aliphatic rings. The summed E-state index contributed by atoms with van der Waals surface area (Å²) < 4.78 is 14.1. The van der Waals surface area contributed by atoms with Gasteiger partial charge in [0.2, 0.25) is 11.8 Å². The Balaban J connectivity index is 1.73. The van der Waals surface area contributed by atoms with Crippen molar-refractivity contribution in [3.05, 3.63) is 40.7 Å². The number of nitrogens with zero attached hydrogens (tertiary/aromatic N) is 2. The highest BCUT2D eigenvalue weighted by molar-refractivity contribution is 7.13. The first-order valence-electron chi connectivity index (χ1n) is 7.23. The van der Waals surface area contributed by atoms with Crippen molar-refractivity contribution < 1.29 is 14.0 Å². The molecule has 2 aromatic rings. The molecule has 120 valence electrons. The van der Waals surface area contributed by atoms with E-state index in [1.807, 2.05) is 12.3 Å². The van der Waals surface area contributed by atoms with Gasteiger partial charge < -0.3 is 10.2 Å². The highest BCUT2D eigenvalue weighted by atomic mass is 32.1. The predicted octanol–water partition coefficient (Wildman–Crippen LogP) is 2.89. The summed E-state index contributed by atoms with van der Waals surface area (Å²) in [7, 11) is 0. The Morgan fingerprint density at radius 3 is 2.87 bits per heavy atom. The molecule has 1 N–H and O–H groups in total. The minimum Gasteiger partial charge on any atom is -0.309 e. The van der Waals surface area contributed by atoms with Gasteiger partial charge in [-0.25, -0.2) is 9.37 Å². The van der Waals surface area contributed by atoms with Gasteiger partial charge >= 0.3 is 0 Å². The van der Waals surface area contributed by atoms with Crippen LogP contribution in [0.4, 0.5) is 15.2 Å². The lowest BCUT2D eigenvalue weighted by atomic mass is 10.1. The topological polar surface area (TPSA) is 62.3 Å². The van der Waals surface area contributed by atoms with Crippen LogP contribution in [0.2, 0.25) is 0 Å². The Labute approximate surface area is 137 Å². The minimum atomic E-state index is -0.507. The van der Waals surface area contributed by atoms with Gasteiger partial charge in [0, 0.05) is 18.3 Å². The van der Waals surface area contributed by atoms with Crippen molar-refractivity contribution in [1.29, 1.82) is 0 Å². The first kappa shape index (κ1) is 15.6. The number of rotatable bonds is 3. The Hall–Kier alpha value is -2.28. The third kappa shape index (κ3) is 3.24. The van der Waals surface area contributed by atoms with E-state index in [0.29, 0.717) is 5.13 Å². The van der Waals surface area contributed by atoms with Gasteiger partial charge in [0.05, 0.1) is 17.3 Å². The normalized spacial score (nSPS) is 17.6. The average Bonchev–Trinajstić information content (AvgIpc) is 3.05. The van der Waals surface area contributed by atoms with Crippen LogP contribution in [-0.4, -0.2) is 23.3 Å². The number of carbonyl (C=O) groups excluding carboxylic acids is 2. The lowest BCUT2D eigenvalue weighted by Gasteiger charge is -2.17. The van der Waals surface area contributed by atoms with Crippen molar-refractivity contribution in [2.75, 3.05) is 16.8 Å². The summed E-state index contributed by atoms with van der Waals surface area (Å²) in [6.07, 6.45) is 0.0729. The average molecular weight is 333 g/mol. The van der Waals surface area contributed by atoms with Crippen LogP contribution in [0.25, 0.3) is 0 Å². The second-order valence-electron chi connectivity index (χ2n) is 5.64. The van der Waals surface area contributed by atoms with Gasteiger partial charge in [-0.15, -0.1) is 11.3 Å².